The first-order chi connectivity index (χ1) is 12.1. The summed E-state index contributed by atoms with van der Waals surface area (Å²) in [4.78, 5) is 14.8. The number of aromatic hydroxyl groups is 1. The van der Waals surface area contributed by atoms with E-state index < -0.39 is 0 Å². The molecule has 3 N–H and O–H groups in total. The van der Waals surface area contributed by atoms with Gasteiger partial charge in [-0.2, -0.15) is 0 Å². The van der Waals surface area contributed by atoms with Crippen LogP contribution >= 0.6 is 0 Å². The number of hydrogen-bond acceptors (Lipinski definition) is 2. The summed E-state index contributed by atoms with van der Waals surface area (Å²) in [6.07, 6.45) is 0.389. The van der Waals surface area contributed by atoms with E-state index in [1.54, 1.807) is 0 Å². The van der Waals surface area contributed by atoms with Crippen molar-refractivity contribution < 1.29 is 15.2 Å². The van der Waals surface area contributed by atoms with Gasteiger partial charge in [0.2, 0.25) is 5.91 Å². The molecule has 0 spiro atoms. The topological polar surface area (TPSA) is 57.2 Å². The van der Waals surface area contributed by atoms with Crippen molar-refractivity contribution in [2.24, 2.45) is 0 Å². The van der Waals surface area contributed by atoms with E-state index in [4.69, 9.17) is 0 Å². The maximum absolute atomic E-state index is 12.8. The van der Waals surface area contributed by atoms with Gasteiger partial charge in [0.1, 0.15) is 5.75 Å². The van der Waals surface area contributed by atoms with E-state index in [0.29, 0.717) is 12.2 Å². The zero-order chi connectivity index (χ0) is 17.8. The van der Waals surface area contributed by atoms with Crippen LogP contribution in [-0.4, -0.2) is 42.1 Å². The largest absolute Gasteiger partial charge is 0.507 e. The smallest absolute Gasteiger partial charge is 0.223 e. The number of aryl methyl sites for hydroxylation is 1. The predicted octanol–water partition coefficient (Wildman–Crippen LogP) is 1.94. The van der Waals surface area contributed by atoms with Crippen molar-refractivity contribution in [1.29, 1.82) is 0 Å². The Morgan fingerprint density at radius 1 is 1.12 bits per heavy atom. The third-order valence-electron chi connectivity index (χ3n) is 5.25. The molecule has 0 unspecified atom stereocenters. The number of phenolic OH excluding ortho intramolecular Hbond substituents is 1. The molecule has 0 aliphatic carbocycles. The van der Waals surface area contributed by atoms with Gasteiger partial charge in [-0.3, -0.25) is 4.79 Å². The predicted molar refractivity (Wildman–Crippen MR) is 98.7 cm³/mol. The van der Waals surface area contributed by atoms with E-state index in [1.165, 1.54) is 0 Å². The third kappa shape index (κ3) is 3.85. The Morgan fingerprint density at radius 3 is 2.48 bits per heavy atom. The van der Waals surface area contributed by atoms with Crippen LogP contribution in [0.4, 0.5) is 0 Å². The van der Waals surface area contributed by atoms with Crippen molar-refractivity contribution in [2.45, 2.75) is 26.2 Å². The summed E-state index contributed by atoms with van der Waals surface area (Å²) in [6, 6.07) is 14.0. The van der Waals surface area contributed by atoms with E-state index in [0.717, 1.165) is 48.4 Å². The van der Waals surface area contributed by atoms with Crippen molar-refractivity contribution in [3.8, 4) is 5.75 Å². The number of quaternary nitrogens is 1. The number of rotatable bonds is 4. The summed E-state index contributed by atoms with van der Waals surface area (Å²) in [6.45, 7) is 7.47. The van der Waals surface area contributed by atoms with E-state index in [1.807, 2.05) is 61.2 Å². The Bertz CT molecular complexity index is 737. The summed E-state index contributed by atoms with van der Waals surface area (Å²) in [5.74, 6) is 0.354. The van der Waals surface area contributed by atoms with Crippen molar-refractivity contribution in [3.05, 3.63) is 64.7 Å². The van der Waals surface area contributed by atoms with Gasteiger partial charge < -0.3 is 15.3 Å². The fourth-order valence-electron chi connectivity index (χ4n) is 3.50. The number of hydrogen-bond donors (Lipinski definition) is 2. The van der Waals surface area contributed by atoms with Crippen LogP contribution in [0.5, 0.6) is 5.75 Å². The maximum atomic E-state index is 12.8. The van der Waals surface area contributed by atoms with Gasteiger partial charge in [-0.05, 0) is 30.5 Å². The molecular weight excluding hydrogens is 312 g/mol. The Hall–Kier alpha value is -2.33. The number of benzene rings is 2. The van der Waals surface area contributed by atoms with E-state index in [9.17, 15) is 9.90 Å². The number of carbonyl (C=O) groups is 1. The molecule has 132 valence electrons. The molecule has 0 radical (unpaired) electrons. The summed E-state index contributed by atoms with van der Waals surface area (Å²) < 4.78 is 0. The molecule has 1 aliphatic heterocycles. The van der Waals surface area contributed by atoms with E-state index in [2.05, 4.69) is 5.32 Å². The molecule has 25 heavy (non-hydrogen) atoms. The fourth-order valence-corrected chi connectivity index (χ4v) is 3.50. The molecule has 4 heteroatoms. The summed E-state index contributed by atoms with van der Waals surface area (Å²) in [7, 11) is 0. The van der Waals surface area contributed by atoms with Gasteiger partial charge in [-0.15, -0.1) is 0 Å². The molecule has 0 aromatic heterocycles. The van der Waals surface area contributed by atoms with Crippen molar-refractivity contribution >= 4 is 5.91 Å². The van der Waals surface area contributed by atoms with Gasteiger partial charge in [-0.1, -0.05) is 42.5 Å². The molecule has 1 amide bonds. The lowest BCUT2D eigenvalue weighted by atomic mass is 9.85. The van der Waals surface area contributed by atoms with Crippen LogP contribution in [0.3, 0.4) is 0 Å². The van der Waals surface area contributed by atoms with Crippen LogP contribution in [-0.2, 0) is 4.79 Å². The quantitative estimate of drug-likeness (QED) is 0.894. The van der Waals surface area contributed by atoms with Crippen LogP contribution in [0, 0.1) is 13.8 Å². The highest BCUT2D eigenvalue weighted by Gasteiger charge is 2.26. The van der Waals surface area contributed by atoms with Gasteiger partial charge in [0.05, 0.1) is 26.2 Å². The van der Waals surface area contributed by atoms with E-state index in [-0.39, 0.29) is 11.8 Å². The normalized spacial score (nSPS) is 15.8. The summed E-state index contributed by atoms with van der Waals surface area (Å²) in [5.41, 5.74) is 3.86. The lowest BCUT2D eigenvalue weighted by molar-refractivity contribution is -0.662. The number of carbonyl (C=O) groups excluding carboxylic acids is 1. The van der Waals surface area contributed by atoms with Crippen molar-refractivity contribution in [2.75, 3.05) is 26.2 Å². The molecule has 0 bridgehead atoms. The van der Waals surface area contributed by atoms with Crippen molar-refractivity contribution in [3.63, 3.8) is 0 Å². The molecule has 1 aliphatic rings. The van der Waals surface area contributed by atoms with Crippen LogP contribution in [0.1, 0.15) is 34.6 Å². The zero-order valence-electron chi connectivity index (χ0n) is 15.0. The second-order valence-corrected chi connectivity index (χ2v) is 6.86. The molecule has 1 heterocycles. The molecular formula is C21H27N2O2+. The lowest BCUT2D eigenvalue weighted by Crippen LogP contribution is -2.89. The first-order valence-electron chi connectivity index (χ1n) is 9.01. The van der Waals surface area contributed by atoms with Crippen molar-refractivity contribution in [1.82, 2.24) is 4.90 Å². The molecule has 3 rings (SSSR count). The molecule has 2 aromatic carbocycles. The van der Waals surface area contributed by atoms with Crippen LogP contribution < -0.4 is 5.32 Å². The fraction of sp³-hybridized carbons (Fsp3) is 0.381. The maximum Gasteiger partial charge on any atom is 0.223 e. The Balaban J connectivity index is 1.93. The number of nitrogens with two attached hydrogens (primary N) is 1. The highest BCUT2D eigenvalue weighted by Crippen LogP contribution is 2.37. The molecule has 0 saturated carbocycles. The second kappa shape index (κ2) is 7.70. The average Bonchev–Trinajstić information content (AvgIpc) is 2.66. The number of amides is 1. The molecule has 1 saturated heterocycles. The van der Waals surface area contributed by atoms with Gasteiger partial charge >= 0.3 is 0 Å². The molecule has 1 atom stereocenters. The SMILES string of the molecule is Cc1ccc([C@H](CC(=O)N2CC[NH2+]CC2)c2ccccc2)c(O)c1C. The monoisotopic (exact) mass is 339 g/mol. The first-order valence-corrected chi connectivity index (χ1v) is 9.01. The lowest BCUT2D eigenvalue weighted by Gasteiger charge is -2.28. The average molecular weight is 339 g/mol. The van der Waals surface area contributed by atoms with Crippen LogP contribution in [0.25, 0.3) is 0 Å². The zero-order valence-corrected chi connectivity index (χ0v) is 15.0. The minimum atomic E-state index is -0.126. The molecule has 1 fully saturated rings. The minimum Gasteiger partial charge on any atom is -0.507 e. The highest BCUT2D eigenvalue weighted by molar-refractivity contribution is 5.78. The van der Waals surface area contributed by atoms with E-state index >= 15 is 0 Å². The molecule has 4 nitrogen and oxygen atoms in total. The number of piperazine rings is 1. The van der Waals surface area contributed by atoms with Crippen LogP contribution in [0.15, 0.2) is 42.5 Å². The van der Waals surface area contributed by atoms with Gasteiger partial charge in [0.25, 0.3) is 0 Å². The number of nitrogens with zero attached hydrogens (tertiary/aromatic N) is 1. The summed E-state index contributed by atoms with van der Waals surface area (Å²) >= 11 is 0. The molecule has 2 aromatic rings. The Labute approximate surface area is 149 Å². The Morgan fingerprint density at radius 2 is 1.80 bits per heavy atom. The standard InChI is InChI=1S/C21H26N2O2/c1-15-8-9-18(21(25)16(15)2)19(17-6-4-3-5-7-17)14-20(24)23-12-10-22-11-13-23/h3-9,19,22,25H,10-14H2,1-2H3/p+1/t19-/m1/s1. The summed E-state index contributed by atoms with van der Waals surface area (Å²) in [5, 5.41) is 12.9. The Kier molecular flexibility index (Phi) is 5.39. The van der Waals surface area contributed by atoms with Gasteiger partial charge in [0, 0.05) is 17.9 Å². The first kappa shape index (κ1) is 17.5. The van der Waals surface area contributed by atoms with Gasteiger partial charge in [-0.25, -0.2) is 0 Å². The third-order valence-corrected chi connectivity index (χ3v) is 5.25. The second-order valence-electron chi connectivity index (χ2n) is 6.86. The minimum absolute atomic E-state index is 0.126. The number of phenols is 1. The van der Waals surface area contributed by atoms with Crippen LogP contribution in [0.2, 0.25) is 0 Å². The van der Waals surface area contributed by atoms with Gasteiger partial charge in [0.15, 0.2) is 0 Å². The highest BCUT2D eigenvalue weighted by atomic mass is 16.3.